The first kappa shape index (κ1) is 18.5. The van der Waals surface area contributed by atoms with E-state index < -0.39 is 33.8 Å². The largest absolute Gasteiger partial charge is 0.456 e. The summed E-state index contributed by atoms with van der Waals surface area (Å²) < 4.78 is 43.2. The first-order chi connectivity index (χ1) is 11.7. The summed E-state index contributed by atoms with van der Waals surface area (Å²) in [6, 6.07) is 5.88. The summed E-state index contributed by atoms with van der Waals surface area (Å²) in [4.78, 5) is 19.8. The van der Waals surface area contributed by atoms with E-state index in [4.69, 9.17) is 16.3 Å². The van der Waals surface area contributed by atoms with E-state index in [1.165, 1.54) is 0 Å². The number of nitrogens with zero attached hydrogens (tertiary/aromatic N) is 2. The van der Waals surface area contributed by atoms with Gasteiger partial charge in [-0.15, -0.1) is 0 Å². The fraction of sp³-hybridized carbons (Fsp3) is 0.143. The van der Waals surface area contributed by atoms with E-state index in [1.54, 1.807) is 0 Å². The SMILES string of the molecule is O=[N+]([O-])c1ccc(Oc2ccc(C(F)C(F)F)cc2Cl)cc1[N+](=O)[O-]. The molecule has 0 spiro atoms. The molecular weight excluding hydrogens is 369 g/mol. The van der Waals surface area contributed by atoms with Crippen molar-refractivity contribution in [2.75, 3.05) is 0 Å². The molecule has 0 heterocycles. The minimum atomic E-state index is -3.22. The molecule has 0 aromatic heterocycles. The molecule has 11 heteroatoms. The molecule has 25 heavy (non-hydrogen) atoms. The summed E-state index contributed by atoms with van der Waals surface area (Å²) in [7, 11) is 0. The maximum absolute atomic E-state index is 13.3. The zero-order chi connectivity index (χ0) is 18.7. The monoisotopic (exact) mass is 376 g/mol. The van der Waals surface area contributed by atoms with Crippen LogP contribution in [0.5, 0.6) is 11.5 Å². The summed E-state index contributed by atoms with van der Waals surface area (Å²) in [6.45, 7) is 0. The third-order valence-corrected chi connectivity index (χ3v) is 3.36. The Hall–Kier alpha value is -2.88. The Morgan fingerprint density at radius 2 is 1.60 bits per heavy atom. The van der Waals surface area contributed by atoms with Gasteiger partial charge in [0.15, 0.2) is 6.17 Å². The van der Waals surface area contributed by atoms with E-state index in [0.717, 1.165) is 36.4 Å². The number of rotatable bonds is 6. The van der Waals surface area contributed by atoms with E-state index in [9.17, 15) is 33.4 Å². The van der Waals surface area contributed by atoms with Crippen LogP contribution in [0.15, 0.2) is 36.4 Å². The molecule has 0 amide bonds. The summed E-state index contributed by atoms with van der Waals surface area (Å²) in [5.41, 5.74) is -1.88. The third kappa shape index (κ3) is 4.15. The second kappa shape index (κ2) is 7.34. The number of ether oxygens (including phenoxy) is 1. The van der Waals surface area contributed by atoms with Crippen molar-refractivity contribution < 1.29 is 27.8 Å². The molecule has 0 bridgehead atoms. The molecule has 2 rings (SSSR count). The Labute approximate surface area is 142 Å². The molecule has 0 N–H and O–H groups in total. The average Bonchev–Trinajstić information content (AvgIpc) is 2.55. The van der Waals surface area contributed by atoms with Crippen LogP contribution in [0.1, 0.15) is 11.7 Å². The smallest absolute Gasteiger partial charge is 0.349 e. The van der Waals surface area contributed by atoms with Gasteiger partial charge in [0.25, 0.3) is 6.43 Å². The number of hydrogen-bond acceptors (Lipinski definition) is 5. The maximum Gasteiger partial charge on any atom is 0.349 e. The van der Waals surface area contributed by atoms with Crippen molar-refractivity contribution >= 4 is 23.0 Å². The molecule has 0 fully saturated rings. The third-order valence-electron chi connectivity index (χ3n) is 3.06. The lowest BCUT2D eigenvalue weighted by atomic mass is 10.1. The second-order valence-electron chi connectivity index (χ2n) is 4.69. The Bertz CT molecular complexity index is 834. The maximum atomic E-state index is 13.3. The molecule has 1 unspecified atom stereocenters. The number of alkyl halides is 3. The van der Waals surface area contributed by atoms with Gasteiger partial charge in [-0.1, -0.05) is 17.7 Å². The molecular formula is C14H8ClF3N2O5. The van der Waals surface area contributed by atoms with Crippen LogP contribution in [0, 0.1) is 20.2 Å². The lowest BCUT2D eigenvalue weighted by Gasteiger charge is -2.11. The molecule has 2 aromatic carbocycles. The van der Waals surface area contributed by atoms with Gasteiger partial charge in [-0.25, -0.2) is 13.2 Å². The number of benzene rings is 2. The van der Waals surface area contributed by atoms with E-state index in [2.05, 4.69) is 0 Å². The van der Waals surface area contributed by atoms with Crippen LogP contribution < -0.4 is 4.74 Å². The summed E-state index contributed by atoms with van der Waals surface area (Å²) >= 11 is 5.83. The fourth-order valence-electron chi connectivity index (χ4n) is 1.91. The first-order valence-electron chi connectivity index (χ1n) is 6.53. The summed E-state index contributed by atoms with van der Waals surface area (Å²) in [5, 5.41) is 21.4. The van der Waals surface area contributed by atoms with Crippen molar-refractivity contribution in [3.8, 4) is 11.5 Å². The van der Waals surface area contributed by atoms with Crippen LogP contribution in [0.2, 0.25) is 5.02 Å². The van der Waals surface area contributed by atoms with Crippen LogP contribution in [0.3, 0.4) is 0 Å². The lowest BCUT2D eigenvalue weighted by Crippen LogP contribution is -2.03. The number of nitro benzene ring substituents is 2. The van der Waals surface area contributed by atoms with Crippen LogP contribution in [-0.2, 0) is 0 Å². The van der Waals surface area contributed by atoms with E-state index in [0.29, 0.717) is 0 Å². The van der Waals surface area contributed by atoms with Crippen molar-refractivity contribution in [2.45, 2.75) is 12.6 Å². The van der Waals surface area contributed by atoms with Gasteiger partial charge in [-0.2, -0.15) is 0 Å². The van der Waals surface area contributed by atoms with Crippen molar-refractivity contribution in [3.05, 3.63) is 67.2 Å². The zero-order valence-corrected chi connectivity index (χ0v) is 12.8. The highest BCUT2D eigenvalue weighted by atomic mass is 35.5. The first-order valence-corrected chi connectivity index (χ1v) is 6.91. The fourth-order valence-corrected chi connectivity index (χ4v) is 2.14. The Kier molecular flexibility index (Phi) is 5.42. The molecule has 0 saturated heterocycles. The molecule has 132 valence electrons. The number of nitro groups is 2. The lowest BCUT2D eigenvalue weighted by molar-refractivity contribution is -0.422. The minimum absolute atomic E-state index is 0.0879. The summed E-state index contributed by atoms with van der Waals surface area (Å²) in [6.07, 6.45) is -5.74. The van der Waals surface area contributed by atoms with Crippen molar-refractivity contribution in [1.82, 2.24) is 0 Å². The van der Waals surface area contributed by atoms with E-state index in [-0.39, 0.29) is 22.1 Å². The van der Waals surface area contributed by atoms with E-state index in [1.807, 2.05) is 0 Å². The van der Waals surface area contributed by atoms with Gasteiger partial charge < -0.3 is 4.74 Å². The highest BCUT2D eigenvalue weighted by Gasteiger charge is 2.25. The Morgan fingerprint density at radius 3 is 2.12 bits per heavy atom. The van der Waals surface area contributed by atoms with Gasteiger partial charge in [0.05, 0.1) is 20.9 Å². The van der Waals surface area contributed by atoms with Gasteiger partial charge in [-0.05, 0) is 23.8 Å². The standard InChI is InChI=1S/C14H8ClF3N2O5/c15-9-5-7(13(16)14(17)18)1-4-12(9)25-8-2-3-10(19(21)22)11(6-8)20(23)24/h1-6,13-14H. The molecule has 1 atom stereocenters. The number of halogens is 4. The molecule has 0 radical (unpaired) electrons. The van der Waals surface area contributed by atoms with Crippen LogP contribution in [-0.4, -0.2) is 16.3 Å². The van der Waals surface area contributed by atoms with Crippen molar-refractivity contribution in [2.24, 2.45) is 0 Å². The minimum Gasteiger partial charge on any atom is -0.456 e. The number of hydrogen-bond donors (Lipinski definition) is 0. The van der Waals surface area contributed by atoms with Crippen LogP contribution in [0.4, 0.5) is 24.5 Å². The molecule has 0 aliphatic heterocycles. The Morgan fingerprint density at radius 1 is 0.960 bits per heavy atom. The van der Waals surface area contributed by atoms with Gasteiger partial charge in [0, 0.05) is 6.07 Å². The Balaban J connectivity index is 2.32. The van der Waals surface area contributed by atoms with Gasteiger partial charge in [0.2, 0.25) is 0 Å². The molecule has 2 aromatic rings. The van der Waals surface area contributed by atoms with Crippen molar-refractivity contribution in [1.29, 1.82) is 0 Å². The normalized spacial score (nSPS) is 12.0. The predicted octanol–water partition coefficient (Wildman–Crippen LogP) is 5.22. The average molecular weight is 377 g/mol. The topological polar surface area (TPSA) is 95.5 Å². The predicted molar refractivity (Wildman–Crippen MR) is 81.1 cm³/mol. The quantitative estimate of drug-likeness (QED) is 0.508. The molecule has 0 saturated carbocycles. The van der Waals surface area contributed by atoms with Gasteiger partial charge >= 0.3 is 11.4 Å². The van der Waals surface area contributed by atoms with Gasteiger partial charge in [0.1, 0.15) is 11.5 Å². The zero-order valence-electron chi connectivity index (χ0n) is 12.1. The highest BCUT2D eigenvalue weighted by molar-refractivity contribution is 6.32. The van der Waals surface area contributed by atoms with Gasteiger partial charge in [-0.3, -0.25) is 20.2 Å². The summed E-state index contributed by atoms with van der Waals surface area (Å²) in [5.74, 6) is -0.229. The second-order valence-corrected chi connectivity index (χ2v) is 5.10. The molecule has 0 aliphatic rings. The van der Waals surface area contributed by atoms with E-state index >= 15 is 0 Å². The van der Waals surface area contributed by atoms with Crippen LogP contribution in [0.25, 0.3) is 0 Å². The molecule has 0 aliphatic carbocycles. The van der Waals surface area contributed by atoms with Crippen molar-refractivity contribution in [3.63, 3.8) is 0 Å². The van der Waals surface area contributed by atoms with Crippen LogP contribution >= 0.6 is 11.6 Å². The highest BCUT2D eigenvalue weighted by Crippen LogP contribution is 2.37. The molecule has 7 nitrogen and oxygen atoms in total.